The SMILES string of the molecule is COc1ccc(C)cc1NC(=O)CSCc1ccc(OC(F)F)c(OC)c1. The number of aryl methyl sites for hydroxylation is 1. The minimum absolute atomic E-state index is 0.0227. The Hall–Kier alpha value is -2.48. The molecule has 0 spiro atoms. The second-order valence-corrected chi connectivity index (χ2v) is 6.59. The molecule has 27 heavy (non-hydrogen) atoms. The third-order valence-electron chi connectivity index (χ3n) is 3.58. The Kier molecular flexibility index (Phi) is 7.72. The smallest absolute Gasteiger partial charge is 0.387 e. The molecule has 146 valence electrons. The normalized spacial score (nSPS) is 10.6. The first kappa shape index (κ1) is 20.8. The molecule has 1 N–H and O–H groups in total. The van der Waals surface area contributed by atoms with Crippen LogP contribution in [0.25, 0.3) is 0 Å². The first-order valence-electron chi connectivity index (χ1n) is 8.07. The lowest BCUT2D eigenvalue weighted by molar-refractivity contribution is -0.113. The van der Waals surface area contributed by atoms with Gasteiger partial charge in [-0.05, 0) is 42.3 Å². The van der Waals surface area contributed by atoms with E-state index in [1.54, 1.807) is 25.3 Å². The van der Waals surface area contributed by atoms with Gasteiger partial charge in [0.1, 0.15) is 5.75 Å². The molecule has 1 amide bonds. The number of carbonyl (C=O) groups is 1. The fraction of sp³-hybridized carbons (Fsp3) is 0.316. The zero-order chi connectivity index (χ0) is 19.8. The number of hydrogen-bond donors (Lipinski definition) is 1. The first-order chi connectivity index (χ1) is 12.9. The summed E-state index contributed by atoms with van der Waals surface area (Å²) < 4.78 is 39.4. The molecule has 0 saturated heterocycles. The second kappa shape index (κ2) is 10.0. The van der Waals surface area contributed by atoms with Crippen LogP contribution in [0.4, 0.5) is 14.5 Å². The van der Waals surface area contributed by atoms with Crippen molar-refractivity contribution in [2.24, 2.45) is 0 Å². The topological polar surface area (TPSA) is 56.8 Å². The Bertz CT molecular complexity index is 786. The third kappa shape index (κ3) is 6.32. The van der Waals surface area contributed by atoms with Crippen LogP contribution in [-0.2, 0) is 10.5 Å². The van der Waals surface area contributed by atoms with Crippen LogP contribution in [-0.4, -0.2) is 32.5 Å². The highest BCUT2D eigenvalue weighted by Gasteiger charge is 2.12. The molecule has 0 aliphatic rings. The number of ether oxygens (including phenoxy) is 3. The molecule has 0 fully saturated rings. The lowest BCUT2D eigenvalue weighted by atomic mass is 10.2. The summed E-state index contributed by atoms with van der Waals surface area (Å²) in [5.74, 6) is 1.39. The summed E-state index contributed by atoms with van der Waals surface area (Å²) in [6.45, 7) is -0.986. The van der Waals surface area contributed by atoms with Crippen molar-refractivity contribution in [2.75, 3.05) is 25.3 Å². The molecule has 5 nitrogen and oxygen atoms in total. The summed E-state index contributed by atoms with van der Waals surface area (Å²) in [5.41, 5.74) is 2.47. The van der Waals surface area contributed by atoms with Crippen molar-refractivity contribution in [3.63, 3.8) is 0 Å². The summed E-state index contributed by atoms with van der Waals surface area (Å²) in [4.78, 5) is 12.2. The van der Waals surface area contributed by atoms with E-state index in [9.17, 15) is 13.6 Å². The molecule has 2 aromatic carbocycles. The van der Waals surface area contributed by atoms with E-state index in [1.165, 1.54) is 24.9 Å². The van der Waals surface area contributed by atoms with Crippen molar-refractivity contribution in [3.05, 3.63) is 47.5 Å². The van der Waals surface area contributed by atoms with Gasteiger partial charge in [0.25, 0.3) is 0 Å². The summed E-state index contributed by atoms with van der Waals surface area (Å²) in [5, 5.41) is 2.83. The quantitative estimate of drug-likeness (QED) is 0.676. The predicted molar refractivity (Wildman–Crippen MR) is 102 cm³/mol. The van der Waals surface area contributed by atoms with Crippen molar-refractivity contribution in [1.82, 2.24) is 0 Å². The highest BCUT2D eigenvalue weighted by Crippen LogP contribution is 2.31. The third-order valence-corrected chi connectivity index (χ3v) is 4.58. The molecule has 0 heterocycles. The number of nitrogens with one attached hydrogen (secondary N) is 1. The van der Waals surface area contributed by atoms with E-state index in [1.807, 2.05) is 19.1 Å². The Morgan fingerprint density at radius 1 is 1.07 bits per heavy atom. The van der Waals surface area contributed by atoms with Crippen LogP contribution >= 0.6 is 11.8 Å². The van der Waals surface area contributed by atoms with Gasteiger partial charge in [-0.25, -0.2) is 0 Å². The van der Waals surface area contributed by atoms with Gasteiger partial charge < -0.3 is 19.5 Å². The van der Waals surface area contributed by atoms with Crippen LogP contribution < -0.4 is 19.5 Å². The van der Waals surface area contributed by atoms with Gasteiger partial charge in [0.15, 0.2) is 11.5 Å². The number of hydrogen-bond acceptors (Lipinski definition) is 5. The van der Waals surface area contributed by atoms with Gasteiger partial charge in [-0.2, -0.15) is 8.78 Å². The van der Waals surface area contributed by atoms with Gasteiger partial charge in [-0.3, -0.25) is 4.79 Å². The average molecular weight is 397 g/mol. The van der Waals surface area contributed by atoms with Gasteiger partial charge in [-0.1, -0.05) is 12.1 Å². The summed E-state index contributed by atoms with van der Waals surface area (Å²) in [6.07, 6.45) is 0. The van der Waals surface area contributed by atoms with Gasteiger partial charge in [-0.15, -0.1) is 11.8 Å². The van der Waals surface area contributed by atoms with E-state index < -0.39 is 6.61 Å². The monoisotopic (exact) mass is 397 g/mol. The lowest BCUT2D eigenvalue weighted by Gasteiger charge is -2.12. The molecule has 2 aromatic rings. The molecule has 0 aliphatic heterocycles. The van der Waals surface area contributed by atoms with E-state index in [0.29, 0.717) is 17.2 Å². The molecule has 0 atom stereocenters. The number of anilines is 1. The maximum atomic E-state index is 12.4. The molecule has 0 aromatic heterocycles. The molecule has 0 bridgehead atoms. The lowest BCUT2D eigenvalue weighted by Crippen LogP contribution is -2.15. The van der Waals surface area contributed by atoms with Crippen molar-refractivity contribution in [3.8, 4) is 17.2 Å². The van der Waals surface area contributed by atoms with E-state index in [0.717, 1.165) is 11.1 Å². The van der Waals surface area contributed by atoms with E-state index in [2.05, 4.69) is 10.1 Å². The van der Waals surface area contributed by atoms with E-state index in [-0.39, 0.29) is 23.2 Å². The van der Waals surface area contributed by atoms with E-state index in [4.69, 9.17) is 9.47 Å². The van der Waals surface area contributed by atoms with Crippen LogP contribution in [0.15, 0.2) is 36.4 Å². The van der Waals surface area contributed by atoms with Gasteiger partial charge in [0, 0.05) is 5.75 Å². The van der Waals surface area contributed by atoms with Crippen molar-refractivity contribution < 1.29 is 27.8 Å². The minimum Gasteiger partial charge on any atom is -0.495 e. The average Bonchev–Trinajstić information content (AvgIpc) is 2.62. The standard InChI is InChI=1S/C19H21F2NO4S/c1-12-4-6-15(24-2)14(8-12)22-18(23)11-27-10-13-5-7-16(26-19(20)21)17(9-13)25-3/h4-9,19H,10-11H2,1-3H3,(H,22,23). The molecular weight excluding hydrogens is 376 g/mol. The Labute approximate surface area is 161 Å². The molecule has 0 aliphatic carbocycles. The van der Waals surface area contributed by atoms with Crippen LogP contribution in [0.5, 0.6) is 17.2 Å². The predicted octanol–water partition coefficient (Wildman–Crippen LogP) is 4.49. The number of halogens is 2. The van der Waals surface area contributed by atoms with Crippen molar-refractivity contribution in [2.45, 2.75) is 19.3 Å². The summed E-state index contributed by atoms with van der Waals surface area (Å²) >= 11 is 1.39. The highest BCUT2D eigenvalue weighted by molar-refractivity contribution is 7.99. The molecule has 0 saturated carbocycles. The number of methoxy groups -OCH3 is 2. The van der Waals surface area contributed by atoms with Crippen molar-refractivity contribution in [1.29, 1.82) is 0 Å². The van der Waals surface area contributed by atoms with Gasteiger partial charge >= 0.3 is 6.61 Å². The zero-order valence-corrected chi connectivity index (χ0v) is 16.1. The minimum atomic E-state index is -2.92. The summed E-state index contributed by atoms with van der Waals surface area (Å²) in [6, 6.07) is 10.2. The van der Waals surface area contributed by atoms with Gasteiger partial charge in [0.2, 0.25) is 5.91 Å². The Balaban J connectivity index is 1.90. The van der Waals surface area contributed by atoms with Crippen LogP contribution in [0.3, 0.4) is 0 Å². The number of rotatable bonds is 9. The first-order valence-corrected chi connectivity index (χ1v) is 9.22. The molecular formula is C19H21F2NO4S. The Morgan fingerprint density at radius 2 is 1.78 bits per heavy atom. The number of thioether (sulfide) groups is 1. The fourth-order valence-electron chi connectivity index (χ4n) is 2.36. The summed E-state index contributed by atoms with van der Waals surface area (Å²) in [7, 11) is 2.93. The molecule has 0 radical (unpaired) electrons. The number of benzene rings is 2. The number of alkyl halides is 2. The van der Waals surface area contributed by atoms with Crippen LogP contribution in [0.2, 0.25) is 0 Å². The maximum Gasteiger partial charge on any atom is 0.387 e. The molecule has 2 rings (SSSR count). The van der Waals surface area contributed by atoms with Crippen LogP contribution in [0.1, 0.15) is 11.1 Å². The Morgan fingerprint density at radius 3 is 2.44 bits per heavy atom. The highest BCUT2D eigenvalue weighted by atomic mass is 32.2. The fourth-order valence-corrected chi connectivity index (χ4v) is 3.14. The second-order valence-electron chi connectivity index (χ2n) is 5.61. The van der Waals surface area contributed by atoms with Crippen LogP contribution in [0, 0.1) is 6.92 Å². The van der Waals surface area contributed by atoms with Crippen molar-refractivity contribution >= 4 is 23.4 Å². The maximum absolute atomic E-state index is 12.4. The largest absolute Gasteiger partial charge is 0.495 e. The number of amides is 1. The van der Waals surface area contributed by atoms with Gasteiger partial charge in [0.05, 0.1) is 25.7 Å². The van der Waals surface area contributed by atoms with E-state index >= 15 is 0 Å². The zero-order valence-electron chi connectivity index (χ0n) is 15.3. The molecule has 0 unspecified atom stereocenters. The number of carbonyl (C=O) groups excluding carboxylic acids is 1. The molecule has 8 heteroatoms.